The smallest absolute Gasteiger partial charge is 0.310 e. The van der Waals surface area contributed by atoms with Crippen LogP contribution < -0.4 is 0 Å². The third-order valence-electron chi connectivity index (χ3n) is 3.19. The van der Waals surface area contributed by atoms with Gasteiger partial charge in [0.2, 0.25) is 0 Å². The molecule has 1 unspecified atom stereocenters. The number of nitrogens with zero attached hydrogens (tertiary/aromatic N) is 1. The minimum atomic E-state index is -0.214. The highest BCUT2D eigenvalue weighted by Crippen LogP contribution is 2.20. The number of carbonyl (C=O) groups excluding carboxylic acids is 2. The monoisotopic (exact) mass is 281 g/mol. The summed E-state index contributed by atoms with van der Waals surface area (Å²) in [5.41, 5.74) is 0.592. The lowest BCUT2D eigenvalue weighted by Gasteiger charge is -2.16. The Labute approximate surface area is 117 Å². The van der Waals surface area contributed by atoms with E-state index in [1.165, 1.54) is 0 Å². The lowest BCUT2D eigenvalue weighted by Crippen LogP contribution is -2.30. The van der Waals surface area contributed by atoms with Gasteiger partial charge in [-0.05, 0) is 37.6 Å². The number of benzene rings is 1. The van der Waals surface area contributed by atoms with Gasteiger partial charge < -0.3 is 9.64 Å². The van der Waals surface area contributed by atoms with Crippen molar-refractivity contribution in [1.82, 2.24) is 4.90 Å². The van der Waals surface area contributed by atoms with Gasteiger partial charge in [-0.25, -0.2) is 0 Å². The number of halogens is 1. The van der Waals surface area contributed by atoms with Gasteiger partial charge in [-0.2, -0.15) is 0 Å². The molecule has 1 fully saturated rings. The number of carbonyl (C=O) groups is 2. The number of hydrogen-bond acceptors (Lipinski definition) is 3. The second kappa shape index (κ2) is 6.06. The molecule has 1 aromatic carbocycles. The number of hydrogen-bond donors (Lipinski definition) is 0. The Morgan fingerprint density at radius 2 is 2.05 bits per heavy atom. The van der Waals surface area contributed by atoms with Crippen molar-refractivity contribution in [3.8, 4) is 0 Å². The van der Waals surface area contributed by atoms with Gasteiger partial charge in [0.05, 0.1) is 12.5 Å². The zero-order chi connectivity index (χ0) is 13.8. The summed E-state index contributed by atoms with van der Waals surface area (Å²) in [7, 11) is 0. The highest BCUT2D eigenvalue weighted by atomic mass is 35.5. The van der Waals surface area contributed by atoms with Crippen molar-refractivity contribution < 1.29 is 14.3 Å². The van der Waals surface area contributed by atoms with Crippen molar-refractivity contribution in [2.45, 2.75) is 13.3 Å². The van der Waals surface area contributed by atoms with Crippen molar-refractivity contribution in [1.29, 1.82) is 0 Å². The van der Waals surface area contributed by atoms with Crippen LogP contribution in [0.4, 0.5) is 0 Å². The van der Waals surface area contributed by atoms with Gasteiger partial charge in [-0.15, -0.1) is 0 Å². The topological polar surface area (TPSA) is 46.6 Å². The summed E-state index contributed by atoms with van der Waals surface area (Å²) in [6.07, 6.45) is 0.665. The van der Waals surface area contributed by atoms with Gasteiger partial charge in [-0.1, -0.05) is 11.6 Å². The number of esters is 1. The van der Waals surface area contributed by atoms with E-state index in [1.54, 1.807) is 36.1 Å². The largest absolute Gasteiger partial charge is 0.466 e. The summed E-state index contributed by atoms with van der Waals surface area (Å²) >= 11 is 5.79. The molecule has 1 aliphatic rings. The molecule has 5 heteroatoms. The SMILES string of the molecule is CCOC(=O)C1CCN(C(=O)c2ccc(Cl)cc2)C1. The van der Waals surface area contributed by atoms with Crippen LogP contribution in [0.3, 0.4) is 0 Å². The van der Waals surface area contributed by atoms with Crippen LogP contribution >= 0.6 is 11.6 Å². The Hall–Kier alpha value is -1.55. The molecule has 1 heterocycles. The molecule has 0 spiro atoms. The first-order chi connectivity index (χ1) is 9.11. The lowest BCUT2D eigenvalue weighted by atomic mass is 10.1. The number of amides is 1. The van der Waals surface area contributed by atoms with Gasteiger partial charge in [0.25, 0.3) is 5.91 Å². The van der Waals surface area contributed by atoms with Crippen LogP contribution in [0, 0.1) is 5.92 Å². The molecule has 1 saturated heterocycles. The fourth-order valence-electron chi connectivity index (χ4n) is 2.17. The van der Waals surface area contributed by atoms with Gasteiger partial charge in [0.15, 0.2) is 0 Å². The van der Waals surface area contributed by atoms with Crippen LogP contribution in [-0.2, 0) is 9.53 Å². The average molecular weight is 282 g/mol. The molecule has 0 aliphatic carbocycles. The second-order valence-corrected chi connectivity index (χ2v) is 4.93. The van der Waals surface area contributed by atoms with Crippen molar-refractivity contribution in [2.75, 3.05) is 19.7 Å². The second-order valence-electron chi connectivity index (χ2n) is 4.50. The van der Waals surface area contributed by atoms with E-state index in [0.717, 1.165) is 0 Å². The van der Waals surface area contributed by atoms with Crippen LogP contribution in [0.1, 0.15) is 23.7 Å². The zero-order valence-corrected chi connectivity index (χ0v) is 11.5. The maximum Gasteiger partial charge on any atom is 0.310 e. The quantitative estimate of drug-likeness (QED) is 0.799. The highest BCUT2D eigenvalue weighted by molar-refractivity contribution is 6.30. The van der Waals surface area contributed by atoms with E-state index in [4.69, 9.17) is 16.3 Å². The molecule has 0 N–H and O–H groups in total. The van der Waals surface area contributed by atoms with E-state index in [9.17, 15) is 9.59 Å². The van der Waals surface area contributed by atoms with Crippen molar-refractivity contribution in [2.24, 2.45) is 5.92 Å². The molecule has 0 aromatic heterocycles. The maximum atomic E-state index is 12.2. The first-order valence-electron chi connectivity index (χ1n) is 6.33. The predicted octanol–water partition coefficient (Wildman–Crippen LogP) is 2.37. The molecular formula is C14H16ClNO3. The molecule has 0 saturated carbocycles. The molecule has 1 amide bonds. The molecule has 0 bridgehead atoms. The number of rotatable bonds is 3. The first-order valence-corrected chi connectivity index (χ1v) is 6.71. The Kier molecular flexibility index (Phi) is 4.43. The Balaban J connectivity index is 1.98. The van der Waals surface area contributed by atoms with E-state index < -0.39 is 0 Å². The molecule has 1 atom stereocenters. The molecule has 19 heavy (non-hydrogen) atoms. The predicted molar refractivity (Wildman–Crippen MR) is 72.1 cm³/mol. The fourth-order valence-corrected chi connectivity index (χ4v) is 2.30. The van der Waals surface area contributed by atoms with Gasteiger partial charge in [0.1, 0.15) is 0 Å². The zero-order valence-electron chi connectivity index (χ0n) is 10.8. The maximum absolute atomic E-state index is 12.2. The Morgan fingerprint density at radius 1 is 1.37 bits per heavy atom. The van der Waals surface area contributed by atoms with E-state index >= 15 is 0 Å². The summed E-state index contributed by atoms with van der Waals surface area (Å²) in [4.78, 5) is 25.5. The minimum Gasteiger partial charge on any atom is -0.466 e. The van der Waals surface area contributed by atoms with Gasteiger partial charge in [0, 0.05) is 23.7 Å². The van der Waals surface area contributed by atoms with Crippen LogP contribution in [0.25, 0.3) is 0 Å². The first kappa shape index (κ1) is 13.9. The van der Waals surface area contributed by atoms with Crippen LogP contribution in [0.2, 0.25) is 5.02 Å². The van der Waals surface area contributed by atoms with Gasteiger partial charge >= 0.3 is 5.97 Å². The molecule has 2 rings (SSSR count). The van der Waals surface area contributed by atoms with E-state index in [0.29, 0.717) is 36.7 Å². The molecular weight excluding hydrogens is 266 g/mol. The van der Waals surface area contributed by atoms with Crippen LogP contribution in [0.15, 0.2) is 24.3 Å². The average Bonchev–Trinajstić information content (AvgIpc) is 2.89. The third kappa shape index (κ3) is 3.26. The molecule has 0 radical (unpaired) electrons. The number of ether oxygens (including phenoxy) is 1. The van der Waals surface area contributed by atoms with Crippen LogP contribution in [-0.4, -0.2) is 36.5 Å². The Morgan fingerprint density at radius 3 is 2.68 bits per heavy atom. The number of likely N-dealkylation sites (tertiary alicyclic amines) is 1. The van der Waals surface area contributed by atoms with Crippen molar-refractivity contribution in [3.63, 3.8) is 0 Å². The summed E-state index contributed by atoms with van der Waals surface area (Å²) in [6.45, 7) is 3.18. The van der Waals surface area contributed by atoms with Crippen molar-refractivity contribution in [3.05, 3.63) is 34.9 Å². The van der Waals surface area contributed by atoms with E-state index in [-0.39, 0.29) is 17.8 Å². The third-order valence-corrected chi connectivity index (χ3v) is 3.44. The minimum absolute atomic E-state index is 0.0662. The van der Waals surface area contributed by atoms with Crippen LogP contribution in [0.5, 0.6) is 0 Å². The highest BCUT2D eigenvalue weighted by Gasteiger charge is 2.32. The van der Waals surface area contributed by atoms with Gasteiger partial charge in [-0.3, -0.25) is 9.59 Å². The van der Waals surface area contributed by atoms with Crippen molar-refractivity contribution >= 4 is 23.5 Å². The summed E-state index contributed by atoms with van der Waals surface area (Å²) < 4.78 is 4.98. The molecule has 1 aliphatic heterocycles. The molecule has 102 valence electrons. The normalized spacial score (nSPS) is 18.4. The Bertz CT molecular complexity index is 472. The fraction of sp³-hybridized carbons (Fsp3) is 0.429. The lowest BCUT2D eigenvalue weighted by molar-refractivity contribution is -0.147. The molecule has 4 nitrogen and oxygen atoms in total. The van der Waals surface area contributed by atoms with E-state index in [1.807, 2.05) is 0 Å². The summed E-state index contributed by atoms with van der Waals surface area (Å²) in [5.74, 6) is -0.478. The van der Waals surface area contributed by atoms with E-state index in [2.05, 4.69) is 0 Å². The molecule has 1 aromatic rings. The standard InChI is InChI=1S/C14H16ClNO3/c1-2-19-14(18)11-7-8-16(9-11)13(17)10-3-5-12(15)6-4-10/h3-6,11H,2,7-9H2,1H3. The summed E-state index contributed by atoms with van der Waals surface area (Å²) in [6, 6.07) is 6.77. The summed E-state index contributed by atoms with van der Waals surface area (Å²) in [5, 5.41) is 0.599.